The minimum Gasteiger partial charge on any atom is -0.478 e. The van der Waals surface area contributed by atoms with Crippen LogP contribution >= 0.6 is 11.3 Å². The highest BCUT2D eigenvalue weighted by Crippen LogP contribution is 2.39. The molecule has 3 nitrogen and oxygen atoms in total. The molecule has 20 heavy (non-hydrogen) atoms. The van der Waals surface area contributed by atoms with Crippen LogP contribution in [0, 0.1) is 19.8 Å². The van der Waals surface area contributed by atoms with Crippen molar-refractivity contribution in [1.29, 1.82) is 0 Å². The molecule has 0 radical (unpaired) electrons. The fourth-order valence-corrected chi connectivity index (χ4v) is 4.72. The van der Waals surface area contributed by atoms with Gasteiger partial charge in [0.15, 0.2) is 0 Å². The fourth-order valence-electron chi connectivity index (χ4n) is 3.10. The lowest BCUT2D eigenvalue weighted by Gasteiger charge is -2.17. The summed E-state index contributed by atoms with van der Waals surface area (Å²) in [6.45, 7) is 6.30. The van der Waals surface area contributed by atoms with E-state index in [9.17, 15) is 9.90 Å². The highest BCUT2D eigenvalue weighted by Gasteiger charge is 2.28. The average molecular weight is 289 g/mol. The van der Waals surface area contributed by atoms with Gasteiger partial charge in [-0.2, -0.15) is 0 Å². The molecule has 3 rings (SSSR count). The van der Waals surface area contributed by atoms with Crippen molar-refractivity contribution in [1.82, 2.24) is 4.57 Å². The predicted octanol–water partition coefficient (Wildman–Crippen LogP) is 3.98. The first kappa shape index (κ1) is 13.4. The van der Waals surface area contributed by atoms with E-state index in [0.29, 0.717) is 11.5 Å². The number of fused-ring (bicyclic) bond motifs is 1. The van der Waals surface area contributed by atoms with Crippen LogP contribution in [0.3, 0.4) is 0 Å². The molecule has 0 amide bonds. The number of thiophene rings is 1. The number of carboxylic acids is 1. The van der Waals surface area contributed by atoms with E-state index in [2.05, 4.69) is 11.5 Å². The number of hydrogen-bond donors (Lipinski definition) is 1. The summed E-state index contributed by atoms with van der Waals surface area (Å²) in [4.78, 5) is 13.0. The molecule has 0 fully saturated rings. The molecule has 0 spiro atoms. The first-order valence-electron chi connectivity index (χ1n) is 7.02. The van der Waals surface area contributed by atoms with Crippen molar-refractivity contribution in [3.63, 3.8) is 0 Å². The number of aromatic carboxylic acids is 1. The van der Waals surface area contributed by atoms with Gasteiger partial charge >= 0.3 is 5.97 Å². The predicted molar refractivity (Wildman–Crippen MR) is 81.3 cm³/mol. The van der Waals surface area contributed by atoms with Crippen LogP contribution < -0.4 is 0 Å². The third-order valence-electron chi connectivity index (χ3n) is 4.18. The summed E-state index contributed by atoms with van der Waals surface area (Å²) in [5.41, 5.74) is 3.79. The summed E-state index contributed by atoms with van der Waals surface area (Å²) < 4.78 is 2.08. The smallest absolute Gasteiger partial charge is 0.339 e. The SMILES string of the molecule is Cc1ccc(C)n1-c1sc2c(c1C(=O)O)CCC(C)C2. The molecule has 0 bridgehead atoms. The molecule has 1 unspecified atom stereocenters. The van der Waals surface area contributed by atoms with Gasteiger partial charge in [-0.25, -0.2) is 4.79 Å². The minimum atomic E-state index is -0.792. The highest BCUT2D eigenvalue weighted by atomic mass is 32.1. The van der Waals surface area contributed by atoms with Crippen LogP contribution in [-0.4, -0.2) is 15.6 Å². The van der Waals surface area contributed by atoms with Crippen LogP contribution in [0.1, 0.15) is 45.5 Å². The Morgan fingerprint density at radius 2 is 2.00 bits per heavy atom. The molecule has 0 aromatic carbocycles. The number of rotatable bonds is 2. The lowest BCUT2D eigenvalue weighted by Crippen LogP contribution is -2.12. The summed E-state index contributed by atoms with van der Waals surface area (Å²) in [7, 11) is 0. The van der Waals surface area contributed by atoms with E-state index in [1.165, 1.54) is 4.88 Å². The normalized spacial score (nSPS) is 18.1. The Morgan fingerprint density at radius 3 is 2.60 bits per heavy atom. The molecule has 2 aromatic heterocycles. The van der Waals surface area contributed by atoms with Crippen molar-refractivity contribution in [2.24, 2.45) is 5.92 Å². The van der Waals surface area contributed by atoms with E-state index in [1.54, 1.807) is 11.3 Å². The van der Waals surface area contributed by atoms with Gasteiger partial charge in [-0.1, -0.05) is 6.92 Å². The Labute approximate surface area is 122 Å². The Morgan fingerprint density at radius 1 is 1.35 bits per heavy atom. The van der Waals surface area contributed by atoms with Crippen molar-refractivity contribution in [3.8, 4) is 5.00 Å². The molecule has 4 heteroatoms. The van der Waals surface area contributed by atoms with Gasteiger partial charge in [-0.3, -0.25) is 0 Å². The molecule has 0 saturated carbocycles. The van der Waals surface area contributed by atoms with E-state index in [-0.39, 0.29) is 0 Å². The topological polar surface area (TPSA) is 42.2 Å². The van der Waals surface area contributed by atoms with E-state index < -0.39 is 5.97 Å². The van der Waals surface area contributed by atoms with Gasteiger partial charge in [0.25, 0.3) is 0 Å². The van der Waals surface area contributed by atoms with Crippen LogP contribution in [0.4, 0.5) is 0 Å². The molecule has 106 valence electrons. The van der Waals surface area contributed by atoms with Crippen LogP contribution in [0.5, 0.6) is 0 Å². The molecule has 0 saturated heterocycles. The van der Waals surface area contributed by atoms with Gasteiger partial charge in [-0.05, 0) is 56.7 Å². The second kappa shape index (κ2) is 4.77. The summed E-state index contributed by atoms with van der Waals surface area (Å²) in [5, 5.41) is 10.5. The quantitative estimate of drug-likeness (QED) is 0.908. The molecule has 1 atom stereocenters. The standard InChI is InChI=1S/C16H19NO2S/c1-9-4-7-12-13(8-9)20-15(14(12)16(18)19)17-10(2)5-6-11(17)3/h5-6,9H,4,7-8H2,1-3H3,(H,18,19). The van der Waals surface area contributed by atoms with Crippen LogP contribution in [0.2, 0.25) is 0 Å². The van der Waals surface area contributed by atoms with Gasteiger partial charge in [0.1, 0.15) is 5.00 Å². The molecule has 1 N–H and O–H groups in total. The fraction of sp³-hybridized carbons (Fsp3) is 0.438. The second-order valence-corrected chi connectivity index (χ2v) is 6.87. The average Bonchev–Trinajstić information content (AvgIpc) is 2.89. The van der Waals surface area contributed by atoms with Crippen molar-refractivity contribution >= 4 is 17.3 Å². The molecule has 1 aliphatic carbocycles. The lowest BCUT2D eigenvalue weighted by molar-refractivity contribution is 0.0696. The molecule has 0 aliphatic heterocycles. The first-order valence-corrected chi connectivity index (χ1v) is 7.83. The molecule has 2 aromatic rings. The third-order valence-corrected chi connectivity index (χ3v) is 5.42. The number of carboxylic acid groups (broad SMARTS) is 1. The summed E-state index contributed by atoms with van der Waals surface area (Å²) in [6.07, 6.45) is 3.00. The first-order chi connectivity index (χ1) is 9.49. The maximum Gasteiger partial charge on any atom is 0.339 e. The number of carbonyl (C=O) groups is 1. The van der Waals surface area contributed by atoms with Crippen molar-refractivity contribution in [2.75, 3.05) is 0 Å². The Hall–Kier alpha value is -1.55. The summed E-state index contributed by atoms with van der Waals surface area (Å²) >= 11 is 1.66. The third kappa shape index (κ3) is 1.99. The number of aromatic nitrogens is 1. The van der Waals surface area contributed by atoms with Crippen molar-refractivity contribution in [3.05, 3.63) is 39.5 Å². The van der Waals surface area contributed by atoms with Crippen molar-refractivity contribution < 1.29 is 9.90 Å². The Kier molecular flexibility index (Phi) is 3.21. The second-order valence-electron chi connectivity index (χ2n) is 5.79. The largest absolute Gasteiger partial charge is 0.478 e. The van der Waals surface area contributed by atoms with Gasteiger partial charge in [0.2, 0.25) is 0 Å². The Bertz CT molecular complexity index is 661. The maximum absolute atomic E-state index is 11.7. The minimum absolute atomic E-state index is 0.527. The van der Waals surface area contributed by atoms with Gasteiger partial charge < -0.3 is 9.67 Å². The van der Waals surface area contributed by atoms with E-state index in [0.717, 1.165) is 41.2 Å². The summed E-state index contributed by atoms with van der Waals surface area (Å²) in [6, 6.07) is 4.09. The zero-order valence-corrected chi connectivity index (χ0v) is 12.9. The molecular formula is C16H19NO2S. The lowest BCUT2D eigenvalue weighted by atomic mass is 9.88. The summed E-state index contributed by atoms with van der Waals surface area (Å²) in [5.74, 6) is -0.137. The van der Waals surface area contributed by atoms with Crippen molar-refractivity contribution in [2.45, 2.75) is 40.0 Å². The van der Waals surface area contributed by atoms with Gasteiger partial charge in [0, 0.05) is 16.3 Å². The van der Waals surface area contributed by atoms with E-state index in [4.69, 9.17) is 0 Å². The van der Waals surface area contributed by atoms with E-state index in [1.807, 2.05) is 26.0 Å². The van der Waals surface area contributed by atoms with Crippen LogP contribution in [0.25, 0.3) is 5.00 Å². The highest BCUT2D eigenvalue weighted by molar-refractivity contribution is 7.15. The Balaban J connectivity index is 2.24. The van der Waals surface area contributed by atoms with E-state index >= 15 is 0 Å². The molecule has 2 heterocycles. The monoisotopic (exact) mass is 289 g/mol. The van der Waals surface area contributed by atoms with Gasteiger partial charge in [0.05, 0.1) is 5.56 Å². The zero-order valence-electron chi connectivity index (χ0n) is 12.1. The number of nitrogens with zero attached hydrogens (tertiary/aromatic N) is 1. The van der Waals surface area contributed by atoms with Gasteiger partial charge in [-0.15, -0.1) is 11.3 Å². The molecule has 1 aliphatic rings. The maximum atomic E-state index is 11.7. The molecular weight excluding hydrogens is 270 g/mol. The number of aryl methyl sites for hydroxylation is 2. The number of hydrogen-bond acceptors (Lipinski definition) is 2. The van der Waals surface area contributed by atoms with Crippen LogP contribution in [-0.2, 0) is 12.8 Å². The van der Waals surface area contributed by atoms with Crippen LogP contribution in [0.15, 0.2) is 12.1 Å². The zero-order chi connectivity index (χ0) is 14.4.